The van der Waals surface area contributed by atoms with Gasteiger partial charge in [-0.25, -0.2) is 9.78 Å². The molecule has 1 aromatic heterocycles. The second kappa shape index (κ2) is 18.4. The molecule has 4 atom stereocenters. The van der Waals surface area contributed by atoms with Crippen LogP contribution in [0.2, 0.25) is 25.7 Å². The lowest BCUT2D eigenvalue weighted by Crippen LogP contribution is -2.51. The number of alkyl halides is 6. The number of hydrogen-bond donors (Lipinski definition) is 3. The predicted octanol–water partition coefficient (Wildman–Crippen LogP) is 8.70. The first-order chi connectivity index (χ1) is 25.9. The summed E-state index contributed by atoms with van der Waals surface area (Å²) < 4.78 is 118. The molecule has 1 fully saturated rings. The highest BCUT2D eigenvalue weighted by Gasteiger charge is 2.49. The lowest BCUT2D eigenvalue weighted by Gasteiger charge is -2.32. The molecule has 1 amide bonds. The summed E-state index contributed by atoms with van der Waals surface area (Å²) in [7, 11) is -1.48. The van der Waals surface area contributed by atoms with Gasteiger partial charge in [0.25, 0.3) is 0 Å². The molecule has 0 spiro atoms. The Bertz CT molecular complexity index is 1730. The molecule has 0 radical (unpaired) electrons. The van der Waals surface area contributed by atoms with Crippen LogP contribution < -0.4 is 15.4 Å². The van der Waals surface area contributed by atoms with Crippen molar-refractivity contribution < 1.29 is 49.9 Å². The average molecular weight is 836 g/mol. The number of nitrogens with zero attached hydrogens (tertiary/aromatic N) is 2. The van der Waals surface area contributed by atoms with Crippen molar-refractivity contribution in [3.8, 4) is 0 Å². The van der Waals surface area contributed by atoms with E-state index in [1.807, 2.05) is 5.32 Å². The van der Waals surface area contributed by atoms with Crippen LogP contribution in [-0.2, 0) is 38.9 Å². The van der Waals surface area contributed by atoms with Crippen LogP contribution in [0.15, 0.2) is 48.5 Å². The molecule has 4 rings (SSSR count). The summed E-state index contributed by atoms with van der Waals surface area (Å²) in [5.74, 6) is 0.242. The van der Waals surface area contributed by atoms with Crippen LogP contribution in [0.5, 0.6) is 0 Å². The minimum absolute atomic E-state index is 0.0116. The van der Waals surface area contributed by atoms with Crippen molar-refractivity contribution in [1.82, 2.24) is 24.9 Å². The summed E-state index contributed by atoms with van der Waals surface area (Å²) in [5, 5.41) is 4.97. The van der Waals surface area contributed by atoms with E-state index in [4.69, 9.17) is 19.2 Å². The zero-order chi connectivity index (χ0) is 41.7. The van der Waals surface area contributed by atoms with Crippen LogP contribution in [0.4, 0.5) is 31.1 Å². The zero-order valence-corrected chi connectivity index (χ0v) is 35.0. The summed E-state index contributed by atoms with van der Waals surface area (Å²) in [6, 6.07) is 10.8. The standard InChI is InChI=1S/C38H55F6N5O5SSi/c1-35(2,3)55(51)48-29(23-54-36(4,5)38(42,43)44)33-46-28-20-27(16-17-30(28)49(33)24-52-18-19-56(6,7)8)32(26-14-15-26)45-21-31(37(39,40)41)47-34(50)53-22-25-12-10-9-11-13-25/h9-13,16-17,20,26,29,31-32,45,48H,14-15,18-19,21-24H2,1-8H3,(H,47,50)/t29-,31-,32+,55?/m0/s1. The summed E-state index contributed by atoms with van der Waals surface area (Å²) in [6.45, 7) is 12.7. The quantitative estimate of drug-likeness (QED) is 0.0475. The number of hydrogen-bond acceptors (Lipinski definition) is 8. The minimum Gasteiger partial charge on any atom is -0.598 e. The number of amides is 1. The number of halogens is 6. The van der Waals surface area contributed by atoms with Crippen molar-refractivity contribution in [3.63, 3.8) is 0 Å². The van der Waals surface area contributed by atoms with Gasteiger partial charge < -0.3 is 34.0 Å². The van der Waals surface area contributed by atoms with Crippen LogP contribution in [0.3, 0.4) is 0 Å². The maximum absolute atomic E-state index is 14.2. The number of ether oxygens (including phenoxy) is 3. The van der Waals surface area contributed by atoms with Gasteiger partial charge in [0.2, 0.25) is 0 Å². The smallest absolute Gasteiger partial charge is 0.416 e. The highest BCUT2D eigenvalue weighted by atomic mass is 32.2. The fourth-order valence-corrected chi connectivity index (χ4v) is 7.06. The highest BCUT2D eigenvalue weighted by Crippen LogP contribution is 2.42. The Labute approximate surface area is 329 Å². The molecule has 56 heavy (non-hydrogen) atoms. The number of carbonyl (C=O) groups is 1. The van der Waals surface area contributed by atoms with E-state index in [1.165, 1.54) is 0 Å². The van der Waals surface area contributed by atoms with Gasteiger partial charge in [0, 0.05) is 38.6 Å². The zero-order valence-electron chi connectivity index (χ0n) is 33.2. The molecule has 0 saturated heterocycles. The maximum Gasteiger partial charge on any atom is 0.416 e. The number of imidazole rings is 1. The van der Waals surface area contributed by atoms with Gasteiger partial charge in [-0.05, 0) is 82.7 Å². The van der Waals surface area contributed by atoms with E-state index < -0.39 is 79.5 Å². The number of alkyl carbamates (subject to hydrolysis) is 1. The van der Waals surface area contributed by atoms with Gasteiger partial charge in [0.1, 0.15) is 36.0 Å². The Kier molecular flexibility index (Phi) is 15.0. The first-order valence-corrected chi connectivity index (χ1v) is 23.5. The number of carbonyl (C=O) groups excluding carboxylic acids is 1. The summed E-state index contributed by atoms with van der Waals surface area (Å²) in [5.41, 5.74) is -0.290. The van der Waals surface area contributed by atoms with Crippen LogP contribution >= 0.6 is 0 Å². The molecule has 3 N–H and O–H groups in total. The van der Waals surface area contributed by atoms with Crippen LogP contribution in [-0.4, -0.2) is 76.8 Å². The molecular formula is C38H55F6N5O5SSi. The number of rotatable bonds is 19. The van der Waals surface area contributed by atoms with E-state index >= 15 is 0 Å². The fraction of sp³-hybridized carbons (Fsp3) is 0.632. The Morgan fingerprint density at radius 1 is 1.02 bits per heavy atom. The lowest BCUT2D eigenvalue weighted by molar-refractivity contribution is -0.265. The van der Waals surface area contributed by atoms with Gasteiger partial charge >= 0.3 is 18.4 Å². The molecule has 2 aromatic carbocycles. The Balaban J connectivity index is 1.64. The monoisotopic (exact) mass is 835 g/mol. The molecule has 18 heteroatoms. The predicted molar refractivity (Wildman–Crippen MR) is 207 cm³/mol. The molecule has 1 saturated carbocycles. The van der Waals surface area contributed by atoms with E-state index in [9.17, 15) is 35.7 Å². The Morgan fingerprint density at radius 2 is 1.68 bits per heavy atom. The molecule has 1 aliphatic rings. The lowest BCUT2D eigenvalue weighted by atomic mass is 10.0. The van der Waals surface area contributed by atoms with Crippen molar-refractivity contribution in [2.24, 2.45) is 5.92 Å². The molecule has 10 nitrogen and oxygen atoms in total. The maximum atomic E-state index is 14.2. The van der Waals surface area contributed by atoms with Gasteiger partial charge in [0.05, 0.1) is 17.6 Å². The molecule has 3 aromatic rings. The van der Waals surface area contributed by atoms with Crippen LogP contribution in [0, 0.1) is 5.92 Å². The minimum atomic E-state index is -4.78. The first-order valence-electron chi connectivity index (χ1n) is 18.6. The van der Waals surface area contributed by atoms with Crippen molar-refractivity contribution in [2.45, 2.75) is 127 Å². The summed E-state index contributed by atoms with van der Waals surface area (Å²) in [6.07, 6.45) is -9.15. The molecule has 1 heterocycles. The van der Waals surface area contributed by atoms with Crippen molar-refractivity contribution >= 4 is 36.6 Å². The topological polar surface area (TPSA) is 122 Å². The molecule has 0 aliphatic heterocycles. The van der Waals surface area contributed by atoms with E-state index in [1.54, 1.807) is 73.9 Å². The van der Waals surface area contributed by atoms with E-state index in [0.717, 1.165) is 32.7 Å². The van der Waals surface area contributed by atoms with E-state index in [-0.39, 0.29) is 25.1 Å². The van der Waals surface area contributed by atoms with Gasteiger partial charge in [0.15, 0.2) is 5.60 Å². The third-order valence-electron chi connectivity index (χ3n) is 9.32. The van der Waals surface area contributed by atoms with Gasteiger partial charge in [-0.15, -0.1) is 4.72 Å². The molecule has 0 bridgehead atoms. The average Bonchev–Trinajstić information content (AvgIpc) is 3.86. The normalized spacial score (nSPS) is 16.8. The van der Waals surface area contributed by atoms with Crippen molar-refractivity contribution in [3.05, 3.63) is 65.5 Å². The Hall–Kier alpha value is -2.87. The largest absolute Gasteiger partial charge is 0.598 e. The van der Waals surface area contributed by atoms with Crippen molar-refractivity contribution in [2.75, 3.05) is 19.8 Å². The van der Waals surface area contributed by atoms with Crippen molar-refractivity contribution in [1.29, 1.82) is 0 Å². The van der Waals surface area contributed by atoms with E-state index in [0.29, 0.717) is 28.8 Å². The van der Waals surface area contributed by atoms with Crippen LogP contribution in [0.25, 0.3) is 11.0 Å². The molecular weight excluding hydrogens is 781 g/mol. The SMILES string of the molecule is CC(C)(C)[S+]([O-])N[C@@H](COC(C)(C)C(F)(F)F)c1nc2cc([C@H](NC[C@H](NC(=O)OCc3ccccc3)C(F)(F)F)C3CC3)ccc2n1COCC[Si](C)(C)C. The molecule has 1 unspecified atom stereocenters. The number of benzene rings is 2. The number of nitrogens with one attached hydrogen (secondary N) is 3. The first kappa shape index (κ1) is 45.8. The highest BCUT2D eigenvalue weighted by molar-refractivity contribution is 7.90. The van der Waals surface area contributed by atoms with Gasteiger partial charge in [-0.2, -0.15) is 26.3 Å². The molecule has 1 aliphatic carbocycles. The van der Waals surface area contributed by atoms with Gasteiger partial charge in [-0.3, -0.25) is 0 Å². The van der Waals surface area contributed by atoms with E-state index in [2.05, 4.69) is 29.7 Å². The summed E-state index contributed by atoms with van der Waals surface area (Å²) in [4.78, 5) is 17.2. The fourth-order valence-electron chi connectivity index (χ4n) is 5.52. The summed E-state index contributed by atoms with van der Waals surface area (Å²) >= 11 is -1.75. The van der Waals surface area contributed by atoms with Crippen LogP contribution in [0.1, 0.15) is 76.5 Å². The number of fused-ring (bicyclic) bond motifs is 1. The van der Waals surface area contributed by atoms with Gasteiger partial charge in [-0.1, -0.05) is 56.0 Å². The Morgan fingerprint density at radius 3 is 2.25 bits per heavy atom. The molecule has 314 valence electrons. The third kappa shape index (κ3) is 13.3. The third-order valence-corrected chi connectivity index (χ3v) is 12.6. The second-order valence-electron chi connectivity index (χ2n) is 16.9. The number of aromatic nitrogens is 2. The second-order valence-corrected chi connectivity index (χ2v) is 24.5.